The first-order valence-corrected chi connectivity index (χ1v) is 5.37. The zero-order valence-electron chi connectivity index (χ0n) is 10.7. The van der Waals surface area contributed by atoms with E-state index in [2.05, 4.69) is 15.3 Å². The summed E-state index contributed by atoms with van der Waals surface area (Å²) in [6, 6.07) is 0.0447. The molecular formula is C11H19N3O3. The second-order valence-electron chi connectivity index (χ2n) is 3.43. The highest BCUT2D eigenvalue weighted by Crippen LogP contribution is 2.24. The summed E-state index contributed by atoms with van der Waals surface area (Å²) in [5.41, 5.74) is 0.757. The van der Waals surface area contributed by atoms with Gasteiger partial charge in [-0.15, -0.1) is 0 Å². The molecule has 0 saturated heterocycles. The van der Waals surface area contributed by atoms with Crippen LogP contribution in [0.2, 0.25) is 0 Å². The van der Waals surface area contributed by atoms with Crippen molar-refractivity contribution in [2.45, 2.75) is 12.5 Å². The molecule has 0 saturated carbocycles. The molecule has 0 aliphatic heterocycles. The number of hydrogen-bond acceptors (Lipinski definition) is 6. The van der Waals surface area contributed by atoms with E-state index in [1.165, 1.54) is 0 Å². The lowest BCUT2D eigenvalue weighted by Gasteiger charge is -2.17. The minimum atomic E-state index is 0.0447. The van der Waals surface area contributed by atoms with Crippen LogP contribution in [0.15, 0.2) is 6.20 Å². The van der Waals surface area contributed by atoms with Gasteiger partial charge in [0.05, 0.1) is 26.5 Å². The van der Waals surface area contributed by atoms with Gasteiger partial charge >= 0.3 is 0 Å². The molecule has 1 N–H and O–H groups in total. The second kappa shape index (κ2) is 7.03. The van der Waals surface area contributed by atoms with E-state index in [0.717, 1.165) is 12.1 Å². The third-order valence-corrected chi connectivity index (χ3v) is 2.44. The van der Waals surface area contributed by atoms with Crippen molar-refractivity contribution in [1.29, 1.82) is 0 Å². The number of ether oxygens (including phenoxy) is 3. The minimum absolute atomic E-state index is 0.0447. The number of methoxy groups -OCH3 is 3. The predicted octanol–water partition coefficient (Wildman–Crippen LogP) is 0.791. The van der Waals surface area contributed by atoms with E-state index < -0.39 is 0 Å². The fraction of sp³-hybridized carbons (Fsp3) is 0.636. The zero-order chi connectivity index (χ0) is 12.7. The Balaban J connectivity index is 2.93. The molecule has 1 rings (SSSR count). The molecule has 1 heterocycles. The van der Waals surface area contributed by atoms with E-state index in [1.807, 2.05) is 7.05 Å². The quantitative estimate of drug-likeness (QED) is 0.761. The van der Waals surface area contributed by atoms with Crippen LogP contribution in [-0.2, 0) is 4.74 Å². The first kappa shape index (κ1) is 13.7. The molecule has 6 heteroatoms. The summed E-state index contributed by atoms with van der Waals surface area (Å²) in [5.74, 6) is 0.909. The molecular weight excluding hydrogens is 222 g/mol. The molecule has 0 radical (unpaired) electrons. The van der Waals surface area contributed by atoms with Gasteiger partial charge in [0.1, 0.15) is 5.69 Å². The Morgan fingerprint density at radius 2 is 2.06 bits per heavy atom. The molecule has 0 aromatic carbocycles. The van der Waals surface area contributed by atoms with Crippen LogP contribution in [0.1, 0.15) is 18.2 Å². The van der Waals surface area contributed by atoms with Crippen LogP contribution in [0.3, 0.4) is 0 Å². The lowest BCUT2D eigenvalue weighted by atomic mass is 10.1. The average Bonchev–Trinajstić information content (AvgIpc) is 2.39. The van der Waals surface area contributed by atoms with Gasteiger partial charge in [-0.2, -0.15) is 4.98 Å². The van der Waals surface area contributed by atoms with Crippen molar-refractivity contribution in [3.8, 4) is 11.8 Å². The van der Waals surface area contributed by atoms with E-state index in [0.29, 0.717) is 18.4 Å². The van der Waals surface area contributed by atoms with E-state index in [4.69, 9.17) is 14.2 Å². The summed E-state index contributed by atoms with van der Waals surface area (Å²) in [5, 5.41) is 3.16. The van der Waals surface area contributed by atoms with Crippen LogP contribution in [0, 0.1) is 0 Å². The van der Waals surface area contributed by atoms with Crippen LogP contribution in [0.4, 0.5) is 0 Å². The maximum absolute atomic E-state index is 5.22. The minimum Gasteiger partial charge on any atom is -0.480 e. The molecule has 0 aliphatic rings. The van der Waals surface area contributed by atoms with Gasteiger partial charge in [0.15, 0.2) is 0 Å². The lowest BCUT2D eigenvalue weighted by molar-refractivity contribution is 0.182. The highest BCUT2D eigenvalue weighted by atomic mass is 16.5. The van der Waals surface area contributed by atoms with Gasteiger partial charge in [0.25, 0.3) is 0 Å². The van der Waals surface area contributed by atoms with E-state index >= 15 is 0 Å². The summed E-state index contributed by atoms with van der Waals surface area (Å²) in [6.45, 7) is 0.641. The molecule has 17 heavy (non-hydrogen) atoms. The van der Waals surface area contributed by atoms with Gasteiger partial charge in [-0.25, -0.2) is 4.98 Å². The standard InChI is InChI=1S/C11H19N3O3/c1-12-8(5-6-15-2)10-11(17-4)14-9(16-3)7-13-10/h7-8,12H,5-6H2,1-4H3. The Morgan fingerprint density at radius 3 is 2.59 bits per heavy atom. The van der Waals surface area contributed by atoms with Gasteiger partial charge in [0.2, 0.25) is 11.8 Å². The Morgan fingerprint density at radius 1 is 1.29 bits per heavy atom. The highest BCUT2D eigenvalue weighted by Gasteiger charge is 2.18. The summed E-state index contributed by atoms with van der Waals surface area (Å²) in [6.07, 6.45) is 2.37. The zero-order valence-corrected chi connectivity index (χ0v) is 10.7. The first-order chi connectivity index (χ1) is 8.26. The van der Waals surface area contributed by atoms with Crippen molar-refractivity contribution < 1.29 is 14.2 Å². The van der Waals surface area contributed by atoms with Crippen LogP contribution >= 0.6 is 0 Å². The average molecular weight is 241 g/mol. The Labute approximate surface area is 101 Å². The van der Waals surface area contributed by atoms with Crippen molar-refractivity contribution in [3.63, 3.8) is 0 Å². The van der Waals surface area contributed by atoms with Gasteiger partial charge in [-0.05, 0) is 13.5 Å². The molecule has 1 aromatic heterocycles. The summed E-state index contributed by atoms with van der Waals surface area (Å²) in [4.78, 5) is 8.51. The number of nitrogens with zero attached hydrogens (tertiary/aromatic N) is 2. The lowest BCUT2D eigenvalue weighted by Crippen LogP contribution is -2.20. The summed E-state index contributed by atoms with van der Waals surface area (Å²) < 4.78 is 15.3. The molecule has 1 aromatic rings. The predicted molar refractivity (Wildman–Crippen MR) is 63.4 cm³/mol. The summed E-state index contributed by atoms with van der Waals surface area (Å²) >= 11 is 0. The molecule has 96 valence electrons. The second-order valence-corrected chi connectivity index (χ2v) is 3.43. The normalized spacial score (nSPS) is 12.2. The Bertz CT molecular complexity index is 347. The summed E-state index contributed by atoms with van der Waals surface area (Å²) in [7, 11) is 6.65. The topological polar surface area (TPSA) is 65.5 Å². The van der Waals surface area contributed by atoms with Gasteiger partial charge in [-0.1, -0.05) is 0 Å². The number of rotatable bonds is 7. The van der Waals surface area contributed by atoms with Crippen LogP contribution < -0.4 is 14.8 Å². The fourth-order valence-corrected chi connectivity index (χ4v) is 1.51. The van der Waals surface area contributed by atoms with E-state index in [1.54, 1.807) is 27.5 Å². The molecule has 0 spiro atoms. The van der Waals surface area contributed by atoms with Crippen LogP contribution in [0.5, 0.6) is 11.8 Å². The third-order valence-electron chi connectivity index (χ3n) is 2.44. The van der Waals surface area contributed by atoms with Crippen LogP contribution in [0.25, 0.3) is 0 Å². The van der Waals surface area contributed by atoms with Crippen molar-refractivity contribution in [2.75, 3.05) is 35.0 Å². The van der Waals surface area contributed by atoms with Gasteiger partial charge in [-0.3, -0.25) is 0 Å². The maximum atomic E-state index is 5.22. The Hall–Kier alpha value is -1.40. The van der Waals surface area contributed by atoms with Gasteiger partial charge < -0.3 is 19.5 Å². The highest BCUT2D eigenvalue weighted by molar-refractivity contribution is 5.25. The molecule has 6 nitrogen and oxygen atoms in total. The number of aromatic nitrogens is 2. The molecule has 0 amide bonds. The largest absolute Gasteiger partial charge is 0.480 e. The molecule has 0 bridgehead atoms. The van der Waals surface area contributed by atoms with Crippen LogP contribution in [-0.4, -0.2) is 45.0 Å². The maximum Gasteiger partial charge on any atom is 0.240 e. The van der Waals surface area contributed by atoms with Crippen molar-refractivity contribution in [2.24, 2.45) is 0 Å². The SMILES string of the molecule is CNC(CCOC)c1ncc(OC)nc1OC. The first-order valence-electron chi connectivity index (χ1n) is 5.37. The van der Waals surface area contributed by atoms with Gasteiger partial charge in [0, 0.05) is 13.7 Å². The molecule has 1 atom stereocenters. The molecule has 0 fully saturated rings. The van der Waals surface area contributed by atoms with E-state index in [9.17, 15) is 0 Å². The molecule has 0 aliphatic carbocycles. The monoisotopic (exact) mass is 241 g/mol. The Kier molecular flexibility index (Phi) is 5.65. The smallest absolute Gasteiger partial charge is 0.240 e. The van der Waals surface area contributed by atoms with Crippen molar-refractivity contribution in [1.82, 2.24) is 15.3 Å². The number of hydrogen-bond donors (Lipinski definition) is 1. The van der Waals surface area contributed by atoms with Crippen molar-refractivity contribution in [3.05, 3.63) is 11.9 Å². The fourth-order valence-electron chi connectivity index (χ4n) is 1.51. The third kappa shape index (κ3) is 3.54. The molecule has 1 unspecified atom stereocenters. The number of nitrogens with one attached hydrogen (secondary N) is 1. The van der Waals surface area contributed by atoms with E-state index in [-0.39, 0.29) is 6.04 Å². The van der Waals surface area contributed by atoms with Crippen molar-refractivity contribution >= 4 is 0 Å².